The molecule has 35 heavy (non-hydrogen) atoms. The molecule has 2 heterocycles. The standard InChI is InChI=1S/C25H27N3O6S/c1-5-12-26-22(30)15-27-23(14-21(29)25(2,3)4)35-20(24(27)31)13-18-10-11-19(34-18)16-6-8-17(9-7-16)28(32)33/h6-11,13-14H,5,12,15H2,1-4H3,(H,26,30)/b20-13-,23-14-. The number of carbonyl (C=O) groups excluding carboxylic acids is 2. The Bertz CT molecular complexity index is 1420. The first-order valence-electron chi connectivity index (χ1n) is 11.1. The van der Waals surface area contributed by atoms with Crippen molar-refractivity contribution in [3.05, 3.63) is 71.8 Å². The summed E-state index contributed by atoms with van der Waals surface area (Å²) >= 11 is 1.11. The molecule has 0 saturated carbocycles. The molecule has 0 bridgehead atoms. The van der Waals surface area contributed by atoms with E-state index in [9.17, 15) is 24.5 Å². The topological polar surface area (TPSA) is 124 Å². The molecule has 0 aliphatic heterocycles. The van der Waals surface area contributed by atoms with Gasteiger partial charge in [0.2, 0.25) is 5.91 Å². The fourth-order valence-electron chi connectivity index (χ4n) is 3.05. The van der Waals surface area contributed by atoms with E-state index in [0.717, 1.165) is 17.8 Å². The third kappa shape index (κ3) is 6.42. The Kier molecular flexibility index (Phi) is 7.85. The third-order valence-corrected chi connectivity index (χ3v) is 6.13. The number of nitrogens with one attached hydrogen (secondary N) is 1. The molecule has 1 aromatic carbocycles. The highest BCUT2D eigenvalue weighted by Crippen LogP contribution is 2.24. The van der Waals surface area contributed by atoms with Crippen LogP contribution in [0.3, 0.4) is 0 Å². The molecule has 184 valence electrons. The van der Waals surface area contributed by atoms with Gasteiger partial charge in [-0.15, -0.1) is 11.3 Å². The molecular formula is C25H27N3O6S. The van der Waals surface area contributed by atoms with Gasteiger partial charge in [-0.1, -0.05) is 27.7 Å². The van der Waals surface area contributed by atoms with E-state index in [1.54, 1.807) is 51.1 Å². The Morgan fingerprint density at radius 1 is 1.17 bits per heavy atom. The number of aromatic nitrogens is 1. The number of ketones is 1. The van der Waals surface area contributed by atoms with Crippen LogP contribution < -0.4 is 20.1 Å². The minimum atomic E-state index is -0.639. The fourth-order valence-corrected chi connectivity index (χ4v) is 4.07. The van der Waals surface area contributed by atoms with E-state index < -0.39 is 15.9 Å². The van der Waals surface area contributed by atoms with Crippen LogP contribution in [0.2, 0.25) is 0 Å². The molecule has 1 amide bonds. The maximum atomic E-state index is 13.1. The summed E-state index contributed by atoms with van der Waals surface area (Å²) in [5.41, 5.74) is -0.415. The maximum absolute atomic E-state index is 13.1. The monoisotopic (exact) mass is 497 g/mol. The lowest BCUT2D eigenvalue weighted by atomic mass is 9.91. The normalized spacial score (nSPS) is 12.7. The second-order valence-electron chi connectivity index (χ2n) is 8.95. The molecule has 10 heteroatoms. The quantitative estimate of drug-likeness (QED) is 0.377. The molecule has 2 aromatic heterocycles. The SMILES string of the molecule is CCCNC(=O)Cn1c(=O)/c(=C/c2ccc(-c3ccc([N+](=O)[O-])cc3)o2)s/c1=C\C(=O)C(C)(C)C. The molecule has 0 saturated heterocycles. The second kappa shape index (κ2) is 10.6. The van der Waals surface area contributed by atoms with E-state index >= 15 is 0 Å². The molecule has 0 spiro atoms. The van der Waals surface area contributed by atoms with Gasteiger partial charge in [-0.3, -0.25) is 29.1 Å². The van der Waals surface area contributed by atoms with Crippen molar-refractivity contribution < 1.29 is 18.9 Å². The zero-order valence-electron chi connectivity index (χ0n) is 20.0. The Morgan fingerprint density at radius 3 is 2.46 bits per heavy atom. The van der Waals surface area contributed by atoms with Crippen molar-refractivity contribution in [2.24, 2.45) is 5.41 Å². The molecule has 3 aromatic rings. The number of benzene rings is 1. The lowest BCUT2D eigenvalue weighted by molar-refractivity contribution is -0.384. The van der Waals surface area contributed by atoms with Gasteiger partial charge in [-0.05, 0) is 30.7 Å². The van der Waals surface area contributed by atoms with Crippen molar-refractivity contribution in [2.75, 3.05) is 6.54 Å². The fraction of sp³-hybridized carbons (Fsp3) is 0.320. The summed E-state index contributed by atoms with van der Waals surface area (Å²) in [4.78, 5) is 48.4. The number of nitro benzene ring substituents is 1. The van der Waals surface area contributed by atoms with Crippen LogP contribution in [0, 0.1) is 15.5 Å². The lowest BCUT2D eigenvalue weighted by Crippen LogP contribution is -2.38. The van der Waals surface area contributed by atoms with E-state index in [1.807, 2.05) is 6.92 Å². The summed E-state index contributed by atoms with van der Waals surface area (Å²) in [6.07, 6.45) is 3.72. The summed E-state index contributed by atoms with van der Waals surface area (Å²) in [5.74, 6) is 0.408. The molecule has 0 atom stereocenters. The minimum Gasteiger partial charge on any atom is -0.457 e. The van der Waals surface area contributed by atoms with Crippen molar-refractivity contribution in [1.29, 1.82) is 0 Å². The summed E-state index contributed by atoms with van der Waals surface area (Å²) in [7, 11) is 0. The van der Waals surface area contributed by atoms with Gasteiger partial charge in [-0.2, -0.15) is 0 Å². The first kappa shape index (κ1) is 25.8. The number of furan rings is 1. The molecule has 0 unspecified atom stereocenters. The van der Waals surface area contributed by atoms with Crippen LogP contribution in [0.1, 0.15) is 39.9 Å². The van der Waals surface area contributed by atoms with E-state index in [2.05, 4.69) is 5.32 Å². The Labute approximate surface area is 205 Å². The Hall–Kier alpha value is -3.79. The van der Waals surface area contributed by atoms with Crippen LogP contribution in [-0.2, 0) is 16.1 Å². The van der Waals surface area contributed by atoms with E-state index in [0.29, 0.717) is 32.8 Å². The smallest absolute Gasteiger partial charge is 0.269 e. The van der Waals surface area contributed by atoms with Crippen LogP contribution in [0.4, 0.5) is 5.69 Å². The zero-order valence-corrected chi connectivity index (χ0v) is 20.8. The minimum absolute atomic E-state index is 0.0252. The number of Topliss-reactive ketones (excluding diaryl/α,β-unsaturated/α-hetero) is 1. The first-order chi connectivity index (χ1) is 16.5. The Morgan fingerprint density at radius 2 is 1.86 bits per heavy atom. The van der Waals surface area contributed by atoms with Crippen LogP contribution in [0.15, 0.2) is 45.6 Å². The van der Waals surface area contributed by atoms with Crippen molar-refractivity contribution in [3.63, 3.8) is 0 Å². The summed E-state index contributed by atoms with van der Waals surface area (Å²) in [5, 5.41) is 13.6. The summed E-state index contributed by atoms with van der Waals surface area (Å²) in [6.45, 7) is 7.58. The van der Waals surface area contributed by atoms with Gasteiger partial charge in [0.05, 0.1) is 9.46 Å². The van der Waals surface area contributed by atoms with Crippen molar-refractivity contribution in [3.8, 4) is 11.3 Å². The number of amides is 1. The van der Waals surface area contributed by atoms with E-state index in [1.165, 1.54) is 22.8 Å². The van der Waals surface area contributed by atoms with Crippen molar-refractivity contribution >= 4 is 40.9 Å². The summed E-state index contributed by atoms with van der Waals surface area (Å²) in [6, 6.07) is 9.32. The molecule has 0 aliphatic rings. The predicted octanol–water partition coefficient (Wildman–Crippen LogP) is 2.83. The van der Waals surface area contributed by atoms with Gasteiger partial charge in [0.25, 0.3) is 11.2 Å². The molecular weight excluding hydrogens is 470 g/mol. The molecule has 0 fully saturated rings. The van der Waals surface area contributed by atoms with Crippen LogP contribution in [0.5, 0.6) is 0 Å². The average molecular weight is 498 g/mol. The number of thiazole rings is 1. The van der Waals surface area contributed by atoms with Crippen molar-refractivity contribution in [2.45, 2.75) is 40.7 Å². The zero-order chi connectivity index (χ0) is 25.8. The van der Waals surface area contributed by atoms with Gasteiger partial charge in [0.15, 0.2) is 5.78 Å². The highest BCUT2D eigenvalue weighted by molar-refractivity contribution is 7.07. The number of nitro groups is 1. The number of hydrogen-bond donors (Lipinski definition) is 1. The second-order valence-corrected chi connectivity index (χ2v) is 10.0. The summed E-state index contributed by atoms with van der Waals surface area (Å²) < 4.78 is 7.82. The van der Waals surface area contributed by atoms with Crippen LogP contribution in [-0.4, -0.2) is 27.7 Å². The van der Waals surface area contributed by atoms with Gasteiger partial charge < -0.3 is 9.73 Å². The molecule has 0 aliphatic carbocycles. The number of nitrogens with zero attached hydrogens (tertiary/aromatic N) is 2. The van der Waals surface area contributed by atoms with Crippen LogP contribution in [0.25, 0.3) is 23.5 Å². The average Bonchev–Trinajstić information content (AvgIpc) is 3.38. The number of rotatable bonds is 8. The lowest BCUT2D eigenvalue weighted by Gasteiger charge is -2.12. The predicted molar refractivity (Wildman–Crippen MR) is 134 cm³/mol. The van der Waals surface area contributed by atoms with E-state index in [-0.39, 0.29) is 23.9 Å². The van der Waals surface area contributed by atoms with Crippen molar-refractivity contribution in [1.82, 2.24) is 9.88 Å². The third-order valence-electron chi connectivity index (χ3n) is 5.07. The molecule has 0 radical (unpaired) electrons. The van der Waals surface area contributed by atoms with E-state index in [4.69, 9.17) is 4.42 Å². The number of hydrogen-bond acceptors (Lipinski definition) is 7. The Balaban J connectivity index is 2.02. The molecule has 9 nitrogen and oxygen atoms in total. The van der Waals surface area contributed by atoms with Crippen LogP contribution >= 0.6 is 11.3 Å². The van der Waals surface area contributed by atoms with Gasteiger partial charge >= 0.3 is 0 Å². The highest BCUT2D eigenvalue weighted by atomic mass is 32.1. The maximum Gasteiger partial charge on any atom is 0.269 e. The van der Waals surface area contributed by atoms with Gasteiger partial charge in [0, 0.05) is 41.8 Å². The molecule has 1 N–H and O–H groups in total. The number of carbonyl (C=O) groups is 2. The van der Waals surface area contributed by atoms with Gasteiger partial charge in [-0.25, -0.2) is 0 Å². The first-order valence-corrected chi connectivity index (χ1v) is 11.9. The van der Waals surface area contributed by atoms with Gasteiger partial charge in [0.1, 0.15) is 22.7 Å². The largest absolute Gasteiger partial charge is 0.457 e. The number of non-ortho nitro benzene ring substituents is 1. The highest BCUT2D eigenvalue weighted by Gasteiger charge is 2.20. The molecule has 3 rings (SSSR count).